The summed E-state index contributed by atoms with van der Waals surface area (Å²) in [6.45, 7) is 4.18. The number of hydrogen-bond acceptors (Lipinski definition) is 5. The van der Waals surface area contributed by atoms with E-state index in [9.17, 15) is 4.79 Å². The van der Waals surface area contributed by atoms with Gasteiger partial charge in [-0.25, -0.2) is 5.01 Å². The summed E-state index contributed by atoms with van der Waals surface area (Å²) in [5.74, 6) is 0.459. The lowest BCUT2D eigenvalue weighted by Crippen LogP contribution is -2.49. The van der Waals surface area contributed by atoms with Crippen molar-refractivity contribution in [3.05, 3.63) is 17.7 Å². The molecule has 0 saturated carbocycles. The maximum absolute atomic E-state index is 12.9. The zero-order valence-corrected chi connectivity index (χ0v) is 14.5. The van der Waals surface area contributed by atoms with Crippen LogP contribution < -0.4 is 14.8 Å². The van der Waals surface area contributed by atoms with Crippen LogP contribution in [0.3, 0.4) is 0 Å². The zero-order chi connectivity index (χ0) is 16.8. The molecule has 1 amide bonds. The van der Waals surface area contributed by atoms with Crippen LogP contribution in [0.5, 0.6) is 11.8 Å². The van der Waals surface area contributed by atoms with Crippen LogP contribution in [0.4, 0.5) is 0 Å². The van der Waals surface area contributed by atoms with Crippen molar-refractivity contribution < 1.29 is 14.3 Å². The summed E-state index contributed by atoms with van der Waals surface area (Å²) in [6, 6.07) is 3.30. The molecule has 0 aromatic carbocycles. The van der Waals surface area contributed by atoms with Crippen LogP contribution in [0.25, 0.3) is 0 Å². The third-order valence-electron chi connectivity index (χ3n) is 3.49. The molecule has 1 aliphatic heterocycles. The fourth-order valence-corrected chi connectivity index (χ4v) is 2.64. The van der Waals surface area contributed by atoms with Gasteiger partial charge in [-0.15, -0.1) is 0 Å². The summed E-state index contributed by atoms with van der Waals surface area (Å²) in [5.41, 5.74) is 0.387. The summed E-state index contributed by atoms with van der Waals surface area (Å²) in [4.78, 5) is 17.0. The minimum Gasteiger partial charge on any atom is -0.481 e. The van der Waals surface area contributed by atoms with E-state index in [1.807, 2.05) is 0 Å². The van der Waals surface area contributed by atoms with Gasteiger partial charge in [-0.3, -0.25) is 9.80 Å². The largest absolute Gasteiger partial charge is 0.481 e. The fourth-order valence-electron chi connectivity index (χ4n) is 2.35. The van der Waals surface area contributed by atoms with E-state index in [0.29, 0.717) is 29.6 Å². The predicted molar refractivity (Wildman–Crippen MR) is 90.6 cm³/mol. The first-order valence-electron chi connectivity index (χ1n) is 7.58. The number of carbonyl (C=O) groups excluding carboxylic acids is 1. The SMILES string of the molecule is CCCNC(=S)N1CCCN1C(=O)c1ccc(OC)nc1OC. The summed E-state index contributed by atoms with van der Waals surface area (Å²) in [5, 5.41) is 7.16. The molecule has 0 atom stereocenters. The van der Waals surface area contributed by atoms with Crippen LogP contribution in [-0.4, -0.2) is 59.9 Å². The van der Waals surface area contributed by atoms with Crippen molar-refractivity contribution in [1.29, 1.82) is 0 Å². The Bertz CT molecular complexity index is 582. The third kappa shape index (κ3) is 3.82. The highest BCUT2D eigenvalue weighted by Gasteiger charge is 2.31. The molecule has 1 fully saturated rings. The molecule has 0 spiro atoms. The number of ether oxygens (including phenoxy) is 2. The Morgan fingerprint density at radius 1 is 1.30 bits per heavy atom. The Kier molecular flexibility index (Phi) is 5.97. The molecule has 0 aliphatic carbocycles. The molecule has 2 rings (SSSR count). The normalized spacial score (nSPS) is 13.9. The minimum atomic E-state index is -0.185. The molecular weight excluding hydrogens is 316 g/mol. The number of amides is 1. The van der Waals surface area contributed by atoms with Gasteiger partial charge < -0.3 is 14.8 Å². The molecule has 0 bridgehead atoms. The highest BCUT2D eigenvalue weighted by atomic mass is 32.1. The second kappa shape index (κ2) is 7.96. The maximum atomic E-state index is 12.9. The average molecular weight is 338 g/mol. The van der Waals surface area contributed by atoms with Gasteiger partial charge in [0, 0.05) is 25.7 Å². The Morgan fingerprint density at radius 2 is 2.04 bits per heavy atom. The van der Waals surface area contributed by atoms with Gasteiger partial charge in [-0.2, -0.15) is 4.98 Å². The molecule has 0 unspecified atom stereocenters. The number of methoxy groups -OCH3 is 2. The van der Waals surface area contributed by atoms with Crippen LogP contribution in [-0.2, 0) is 0 Å². The van der Waals surface area contributed by atoms with Gasteiger partial charge in [0.2, 0.25) is 11.8 Å². The van der Waals surface area contributed by atoms with Gasteiger partial charge in [-0.1, -0.05) is 6.92 Å². The summed E-state index contributed by atoms with van der Waals surface area (Å²) in [7, 11) is 3.00. The standard InChI is InChI=1S/C15H22N4O3S/c1-4-8-16-15(23)19-10-5-9-18(19)14(20)11-6-7-12(21-2)17-13(11)22-3/h6-7H,4-5,8-10H2,1-3H3,(H,16,23). The van der Waals surface area contributed by atoms with Gasteiger partial charge in [0.25, 0.3) is 5.91 Å². The summed E-state index contributed by atoms with van der Waals surface area (Å²) in [6.07, 6.45) is 1.84. The molecule has 8 heteroatoms. The second-order valence-electron chi connectivity index (χ2n) is 5.05. The van der Waals surface area contributed by atoms with E-state index in [1.165, 1.54) is 14.2 Å². The van der Waals surface area contributed by atoms with E-state index in [-0.39, 0.29) is 11.8 Å². The van der Waals surface area contributed by atoms with E-state index in [0.717, 1.165) is 19.4 Å². The lowest BCUT2D eigenvalue weighted by molar-refractivity contribution is 0.0487. The fraction of sp³-hybridized carbons (Fsp3) is 0.533. The number of nitrogens with zero attached hydrogens (tertiary/aromatic N) is 3. The van der Waals surface area contributed by atoms with Crippen molar-refractivity contribution in [2.24, 2.45) is 0 Å². The van der Waals surface area contributed by atoms with Gasteiger partial charge >= 0.3 is 0 Å². The van der Waals surface area contributed by atoms with Crippen LogP contribution in [0, 0.1) is 0 Å². The molecule has 126 valence electrons. The van der Waals surface area contributed by atoms with Crippen molar-refractivity contribution in [3.63, 3.8) is 0 Å². The predicted octanol–water partition coefficient (Wildman–Crippen LogP) is 1.45. The van der Waals surface area contributed by atoms with E-state index in [2.05, 4.69) is 17.2 Å². The van der Waals surface area contributed by atoms with Crippen molar-refractivity contribution in [2.75, 3.05) is 33.9 Å². The topological polar surface area (TPSA) is 66.9 Å². The van der Waals surface area contributed by atoms with Crippen LogP contribution >= 0.6 is 12.2 Å². The van der Waals surface area contributed by atoms with Gasteiger partial charge in [0.15, 0.2) is 5.11 Å². The Morgan fingerprint density at radius 3 is 2.70 bits per heavy atom. The van der Waals surface area contributed by atoms with Crippen molar-refractivity contribution in [2.45, 2.75) is 19.8 Å². The van der Waals surface area contributed by atoms with Crippen molar-refractivity contribution >= 4 is 23.2 Å². The minimum absolute atomic E-state index is 0.185. The van der Waals surface area contributed by atoms with Crippen molar-refractivity contribution in [3.8, 4) is 11.8 Å². The number of rotatable bonds is 5. The number of hydrazine groups is 1. The van der Waals surface area contributed by atoms with E-state index in [4.69, 9.17) is 21.7 Å². The first-order valence-corrected chi connectivity index (χ1v) is 7.99. The number of hydrogen-bond donors (Lipinski definition) is 1. The molecule has 1 N–H and O–H groups in total. The molecule has 1 aromatic heterocycles. The summed E-state index contributed by atoms with van der Waals surface area (Å²) >= 11 is 5.38. The Balaban J connectivity index is 2.20. The molecule has 1 aliphatic rings. The number of aromatic nitrogens is 1. The van der Waals surface area contributed by atoms with Gasteiger partial charge in [-0.05, 0) is 31.1 Å². The Labute approximate surface area is 141 Å². The van der Waals surface area contributed by atoms with Crippen LogP contribution in [0.2, 0.25) is 0 Å². The third-order valence-corrected chi connectivity index (χ3v) is 3.85. The molecular formula is C15H22N4O3S. The molecule has 1 saturated heterocycles. The first kappa shape index (κ1) is 17.3. The zero-order valence-electron chi connectivity index (χ0n) is 13.7. The molecule has 1 aromatic rings. The second-order valence-corrected chi connectivity index (χ2v) is 5.43. The molecule has 23 heavy (non-hydrogen) atoms. The summed E-state index contributed by atoms with van der Waals surface area (Å²) < 4.78 is 10.3. The highest BCUT2D eigenvalue weighted by Crippen LogP contribution is 2.23. The van der Waals surface area contributed by atoms with E-state index < -0.39 is 0 Å². The van der Waals surface area contributed by atoms with E-state index in [1.54, 1.807) is 22.2 Å². The lowest BCUT2D eigenvalue weighted by atomic mass is 10.2. The average Bonchev–Trinajstić information content (AvgIpc) is 3.08. The first-order chi connectivity index (χ1) is 11.1. The monoisotopic (exact) mass is 338 g/mol. The van der Waals surface area contributed by atoms with Gasteiger partial charge in [0.1, 0.15) is 5.56 Å². The number of pyridine rings is 1. The quantitative estimate of drug-likeness (QED) is 0.815. The van der Waals surface area contributed by atoms with Crippen molar-refractivity contribution in [1.82, 2.24) is 20.3 Å². The maximum Gasteiger partial charge on any atom is 0.277 e. The van der Waals surface area contributed by atoms with Crippen LogP contribution in [0.1, 0.15) is 30.1 Å². The van der Waals surface area contributed by atoms with Crippen LogP contribution in [0.15, 0.2) is 12.1 Å². The number of carbonyl (C=O) groups is 1. The lowest BCUT2D eigenvalue weighted by Gasteiger charge is -2.30. The molecule has 0 radical (unpaired) electrons. The van der Waals surface area contributed by atoms with Gasteiger partial charge in [0.05, 0.1) is 14.2 Å². The Hall–Kier alpha value is -2.09. The smallest absolute Gasteiger partial charge is 0.277 e. The number of nitrogens with one attached hydrogen (secondary N) is 1. The van der Waals surface area contributed by atoms with E-state index >= 15 is 0 Å². The molecule has 7 nitrogen and oxygen atoms in total. The number of thiocarbonyl (C=S) groups is 1. The molecule has 2 heterocycles. The highest BCUT2D eigenvalue weighted by molar-refractivity contribution is 7.80.